The van der Waals surface area contributed by atoms with Gasteiger partial charge in [-0.3, -0.25) is 14.2 Å². The predicted octanol–water partition coefficient (Wildman–Crippen LogP) is 4.94. The second-order valence-electron chi connectivity index (χ2n) is 9.87. The molecule has 0 spiro atoms. The van der Waals surface area contributed by atoms with Crippen molar-refractivity contribution in [3.63, 3.8) is 0 Å². The zero-order valence-electron chi connectivity index (χ0n) is 21.7. The molecule has 2 amide bonds. The number of benzene rings is 1. The number of imidazole rings is 1. The van der Waals surface area contributed by atoms with Gasteiger partial charge in [0.15, 0.2) is 0 Å². The number of aryl methyl sites for hydroxylation is 1. The number of aliphatic imine (C=N–C) groups is 2. The fourth-order valence-corrected chi connectivity index (χ4v) is 5.72. The smallest absolute Gasteiger partial charge is 0.223 e. The molecule has 0 radical (unpaired) electrons. The van der Waals surface area contributed by atoms with Crippen LogP contribution in [0.25, 0.3) is 0 Å². The molecule has 2 aromatic rings. The van der Waals surface area contributed by atoms with Gasteiger partial charge in [0.1, 0.15) is 5.82 Å². The van der Waals surface area contributed by atoms with Crippen molar-refractivity contribution >= 4 is 65.1 Å². The summed E-state index contributed by atoms with van der Waals surface area (Å²) in [6.07, 6.45) is 4.60. The monoisotopic (exact) mass is 560 g/mol. The van der Waals surface area contributed by atoms with Crippen molar-refractivity contribution in [1.29, 1.82) is 0 Å². The first-order valence-electron chi connectivity index (χ1n) is 12.8. The number of primary amides is 1. The molecule has 12 heteroatoms. The molecule has 4 rings (SSSR count). The number of likely N-dealkylation sites (tertiary alicyclic amines) is 1. The quantitative estimate of drug-likeness (QED) is 0.340. The number of carbonyl (C=O) groups is 2. The number of piperidine rings is 1. The van der Waals surface area contributed by atoms with E-state index in [0.29, 0.717) is 52.8 Å². The number of anilines is 3. The predicted molar refractivity (Wildman–Crippen MR) is 153 cm³/mol. The van der Waals surface area contributed by atoms with E-state index in [0.717, 1.165) is 37.9 Å². The van der Waals surface area contributed by atoms with Gasteiger partial charge in [0.2, 0.25) is 23.7 Å². The molecule has 2 aliphatic rings. The third kappa shape index (κ3) is 6.30. The highest BCUT2D eigenvalue weighted by Crippen LogP contribution is 2.40. The van der Waals surface area contributed by atoms with Crippen molar-refractivity contribution in [2.24, 2.45) is 21.6 Å². The molecule has 2 heterocycles. The Bertz CT molecular complexity index is 1220. The first-order valence-corrected chi connectivity index (χ1v) is 13.6. The van der Waals surface area contributed by atoms with E-state index in [1.165, 1.54) is 0 Å². The third-order valence-electron chi connectivity index (χ3n) is 7.28. The number of nitrogens with two attached hydrogens (primary N) is 1. The van der Waals surface area contributed by atoms with Gasteiger partial charge in [0.25, 0.3) is 0 Å². The largest absolute Gasteiger partial charge is 0.369 e. The maximum atomic E-state index is 11.9. The molecule has 0 unspecified atom stereocenters. The molecule has 10 nitrogen and oxygen atoms in total. The standard InChI is InChI=1S/C26H34Cl2N8O2/c1-15-24(34-25(30-3)32-18-6-5-13-35(14-18)16(2)37)36(19-11-9-17(10-12-19)23(29)38)26(31-15)33-22-20(27)7-4-8-21(22)28/h4,7-8,17-19H,3,5-6,9-14H2,1-2H3,(H2,29,38)(H,31,33)(H,32,34)/t17?,18-,19?/m1/s1. The maximum absolute atomic E-state index is 11.9. The van der Waals surface area contributed by atoms with Crippen molar-refractivity contribution in [1.82, 2.24) is 14.5 Å². The van der Waals surface area contributed by atoms with E-state index in [1.807, 2.05) is 6.92 Å². The Balaban J connectivity index is 1.67. The Kier molecular flexibility index (Phi) is 8.94. The number of nitrogens with zero attached hydrogens (tertiary/aromatic N) is 5. The number of rotatable bonds is 6. The molecular formula is C26H34Cl2N8O2. The third-order valence-corrected chi connectivity index (χ3v) is 7.91. The minimum Gasteiger partial charge on any atom is -0.369 e. The summed E-state index contributed by atoms with van der Waals surface area (Å²) in [5.74, 6) is 1.28. The zero-order valence-corrected chi connectivity index (χ0v) is 23.2. The van der Waals surface area contributed by atoms with E-state index >= 15 is 0 Å². The van der Waals surface area contributed by atoms with Gasteiger partial charge in [-0.2, -0.15) is 0 Å². The summed E-state index contributed by atoms with van der Waals surface area (Å²) in [6.45, 7) is 8.48. The average Bonchev–Trinajstić information content (AvgIpc) is 3.20. The van der Waals surface area contributed by atoms with Gasteiger partial charge < -0.3 is 21.3 Å². The topological polar surface area (TPSA) is 130 Å². The minimum atomic E-state index is -0.262. The minimum absolute atomic E-state index is 0.0343. The molecule has 1 aromatic heterocycles. The van der Waals surface area contributed by atoms with Crippen LogP contribution in [0.4, 0.5) is 17.5 Å². The Morgan fingerprint density at radius 1 is 1.16 bits per heavy atom. The number of carbonyl (C=O) groups excluding carboxylic acids is 2. The summed E-state index contributed by atoms with van der Waals surface area (Å²) in [5, 5.41) is 7.61. The number of hydrogen-bond acceptors (Lipinski definition) is 5. The highest BCUT2D eigenvalue weighted by molar-refractivity contribution is 6.39. The summed E-state index contributed by atoms with van der Waals surface area (Å²) in [4.78, 5) is 39.2. The number of halogens is 2. The van der Waals surface area contributed by atoms with Crippen LogP contribution in [0.2, 0.25) is 10.0 Å². The van der Waals surface area contributed by atoms with E-state index in [2.05, 4.69) is 26.9 Å². The normalized spacial score (nSPS) is 22.2. The van der Waals surface area contributed by atoms with Gasteiger partial charge >= 0.3 is 0 Å². The summed E-state index contributed by atoms with van der Waals surface area (Å²) in [7, 11) is 0. The molecule has 1 saturated carbocycles. The Morgan fingerprint density at radius 2 is 1.84 bits per heavy atom. The second-order valence-corrected chi connectivity index (χ2v) is 10.7. The van der Waals surface area contributed by atoms with Gasteiger partial charge in [0.05, 0.1) is 27.5 Å². The van der Waals surface area contributed by atoms with E-state index in [-0.39, 0.29) is 29.8 Å². The average molecular weight is 562 g/mol. The van der Waals surface area contributed by atoms with Crippen LogP contribution in [-0.2, 0) is 9.59 Å². The second kappa shape index (κ2) is 12.2. The van der Waals surface area contributed by atoms with Crippen molar-refractivity contribution in [2.45, 2.75) is 64.5 Å². The molecule has 1 aliphatic carbocycles. The molecule has 4 N–H and O–H groups in total. The number of nitrogens with one attached hydrogen (secondary N) is 2. The lowest BCUT2D eigenvalue weighted by molar-refractivity contribution is -0.130. The molecule has 1 atom stereocenters. The molecule has 204 valence electrons. The van der Waals surface area contributed by atoms with Gasteiger partial charge in [-0.1, -0.05) is 29.3 Å². The lowest BCUT2D eigenvalue weighted by Gasteiger charge is -2.31. The van der Waals surface area contributed by atoms with Gasteiger partial charge in [-0.15, -0.1) is 0 Å². The molecule has 38 heavy (non-hydrogen) atoms. The summed E-state index contributed by atoms with van der Waals surface area (Å²) < 4.78 is 2.07. The van der Waals surface area contributed by atoms with Crippen LogP contribution in [-0.4, -0.2) is 58.1 Å². The summed E-state index contributed by atoms with van der Waals surface area (Å²) in [6, 6.07) is 5.25. The fourth-order valence-electron chi connectivity index (χ4n) is 5.23. The van der Waals surface area contributed by atoms with Crippen LogP contribution in [0.15, 0.2) is 28.2 Å². The Hall–Kier alpha value is -3.11. The molecule has 0 bridgehead atoms. The van der Waals surface area contributed by atoms with Crippen molar-refractivity contribution in [2.75, 3.05) is 23.7 Å². The number of guanidine groups is 1. The number of hydrogen-bond donors (Lipinski definition) is 3. The first kappa shape index (κ1) is 27.9. The van der Waals surface area contributed by atoms with Crippen LogP contribution >= 0.6 is 23.2 Å². The molecule has 1 saturated heterocycles. The highest BCUT2D eigenvalue weighted by Gasteiger charge is 2.30. The maximum Gasteiger partial charge on any atom is 0.223 e. The SMILES string of the molecule is C=NC(=N[C@@H]1CCCN(C(C)=O)C1)Nc1c(C)nc(Nc2c(Cl)cccc2Cl)n1C1CCC(C(N)=O)CC1. The Morgan fingerprint density at radius 3 is 2.45 bits per heavy atom. The number of amides is 2. The van der Waals surface area contributed by atoms with Gasteiger partial charge in [0, 0.05) is 32.0 Å². The lowest BCUT2D eigenvalue weighted by atomic mass is 9.85. The Labute approximate surface area is 232 Å². The van der Waals surface area contributed by atoms with E-state index in [4.69, 9.17) is 38.9 Å². The van der Waals surface area contributed by atoms with Crippen molar-refractivity contribution in [3.8, 4) is 0 Å². The lowest BCUT2D eigenvalue weighted by Crippen LogP contribution is -2.41. The van der Waals surface area contributed by atoms with E-state index in [9.17, 15) is 9.59 Å². The highest BCUT2D eigenvalue weighted by atomic mass is 35.5. The summed E-state index contributed by atoms with van der Waals surface area (Å²) in [5.41, 5.74) is 6.86. The van der Waals surface area contributed by atoms with Crippen molar-refractivity contribution < 1.29 is 9.59 Å². The van der Waals surface area contributed by atoms with Crippen LogP contribution in [0.3, 0.4) is 0 Å². The molecular weight excluding hydrogens is 527 g/mol. The van der Waals surface area contributed by atoms with Crippen LogP contribution < -0.4 is 16.4 Å². The molecule has 2 fully saturated rings. The van der Waals surface area contributed by atoms with Crippen LogP contribution in [0.1, 0.15) is 57.2 Å². The first-order chi connectivity index (χ1) is 18.2. The van der Waals surface area contributed by atoms with Crippen molar-refractivity contribution in [3.05, 3.63) is 33.9 Å². The van der Waals surface area contributed by atoms with Crippen LogP contribution in [0, 0.1) is 12.8 Å². The summed E-state index contributed by atoms with van der Waals surface area (Å²) >= 11 is 12.9. The fraction of sp³-hybridized carbons (Fsp3) is 0.500. The number of aromatic nitrogens is 2. The zero-order chi connectivity index (χ0) is 27.4. The number of para-hydroxylation sites is 1. The molecule has 1 aromatic carbocycles. The van der Waals surface area contributed by atoms with Crippen LogP contribution in [0.5, 0.6) is 0 Å². The van der Waals surface area contributed by atoms with E-state index in [1.54, 1.807) is 30.0 Å². The van der Waals surface area contributed by atoms with E-state index < -0.39 is 0 Å². The molecule has 1 aliphatic heterocycles. The van der Waals surface area contributed by atoms with Gasteiger partial charge in [-0.05, 0) is 64.3 Å². The van der Waals surface area contributed by atoms with Gasteiger partial charge in [-0.25, -0.2) is 15.0 Å².